The lowest BCUT2D eigenvalue weighted by Crippen LogP contribution is -1.98. The molecule has 0 aliphatic heterocycles. The number of hydrogen-bond donors (Lipinski definition) is 1. The maximum Gasteiger partial charge on any atom is 0.322 e. The van der Waals surface area contributed by atoms with Crippen molar-refractivity contribution in [1.82, 2.24) is 9.97 Å². The topological polar surface area (TPSA) is 61.0 Å². The fourth-order valence-corrected chi connectivity index (χ4v) is 1.76. The van der Waals surface area contributed by atoms with E-state index in [2.05, 4.69) is 9.97 Å². The molecule has 0 radical (unpaired) electrons. The Kier molecular flexibility index (Phi) is 3.19. The predicted octanol–water partition coefficient (Wildman–Crippen LogP) is 3.08. The number of benzene rings is 1. The number of ether oxygens (including phenoxy) is 1. The van der Waals surface area contributed by atoms with Gasteiger partial charge in [0, 0.05) is 17.1 Å². The van der Waals surface area contributed by atoms with E-state index in [1.807, 2.05) is 45.9 Å². The third-order valence-electron chi connectivity index (χ3n) is 2.73. The van der Waals surface area contributed by atoms with E-state index in [9.17, 15) is 0 Å². The second-order valence-corrected chi connectivity index (χ2v) is 4.51. The van der Waals surface area contributed by atoms with Crippen LogP contribution in [0.2, 0.25) is 0 Å². The Morgan fingerprint density at radius 3 is 2.11 bits per heavy atom. The van der Waals surface area contributed by atoms with E-state index in [0.29, 0.717) is 6.01 Å². The summed E-state index contributed by atoms with van der Waals surface area (Å²) in [5, 5.41) is 0. The van der Waals surface area contributed by atoms with Crippen molar-refractivity contribution in [3.63, 3.8) is 0 Å². The van der Waals surface area contributed by atoms with Crippen LogP contribution in [-0.2, 0) is 0 Å². The third kappa shape index (κ3) is 2.59. The average Bonchev–Trinajstić information content (AvgIpc) is 2.24. The van der Waals surface area contributed by atoms with Crippen LogP contribution in [0.5, 0.6) is 11.8 Å². The molecule has 2 N–H and O–H groups in total. The Labute approximate surface area is 107 Å². The summed E-state index contributed by atoms with van der Waals surface area (Å²) in [5.41, 5.74) is 10.4. The molecule has 18 heavy (non-hydrogen) atoms. The van der Waals surface area contributed by atoms with Crippen molar-refractivity contribution in [1.29, 1.82) is 0 Å². The molecule has 0 bridgehead atoms. The molecule has 4 nitrogen and oxygen atoms in total. The molecule has 1 heterocycles. The van der Waals surface area contributed by atoms with Gasteiger partial charge in [0.1, 0.15) is 5.75 Å². The Hall–Kier alpha value is -2.10. The number of aromatic nitrogens is 2. The molecule has 1 aromatic carbocycles. The summed E-state index contributed by atoms with van der Waals surface area (Å²) in [7, 11) is 0. The molecular weight excluding hydrogens is 226 g/mol. The lowest BCUT2D eigenvalue weighted by atomic mass is 10.1. The lowest BCUT2D eigenvalue weighted by Gasteiger charge is -2.10. The minimum absolute atomic E-state index is 0.375. The van der Waals surface area contributed by atoms with Gasteiger partial charge in [-0.3, -0.25) is 0 Å². The highest BCUT2D eigenvalue weighted by molar-refractivity contribution is 5.54. The van der Waals surface area contributed by atoms with Gasteiger partial charge in [0.15, 0.2) is 0 Å². The quantitative estimate of drug-likeness (QED) is 0.823. The molecule has 94 valence electrons. The van der Waals surface area contributed by atoms with E-state index >= 15 is 0 Å². The van der Waals surface area contributed by atoms with E-state index in [4.69, 9.17) is 10.5 Å². The van der Waals surface area contributed by atoms with Crippen LogP contribution in [0.1, 0.15) is 22.5 Å². The Bertz CT molecular complexity index is 574. The zero-order chi connectivity index (χ0) is 13.3. The van der Waals surface area contributed by atoms with Crippen LogP contribution in [0.3, 0.4) is 0 Å². The Morgan fingerprint density at radius 1 is 0.889 bits per heavy atom. The van der Waals surface area contributed by atoms with Gasteiger partial charge >= 0.3 is 6.01 Å². The van der Waals surface area contributed by atoms with Crippen molar-refractivity contribution in [2.75, 3.05) is 5.73 Å². The Morgan fingerprint density at radius 2 is 1.50 bits per heavy atom. The van der Waals surface area contributed by atoms with Crippen molar-refractivity contribution in [3.05, 3.63) is 40.7 Å². The maximum atomic E-state index is 5.84. The summed E-state index contributed by atoms with van der Waals surface area (Å²) in [5.74, 6) is 0.742. The van der Waals surface area contributed by atoms with Gasteiger partial charge in [-0.1, -0.05) is 0 Å². The molecule has 0 aliphatic carbocycles. The largest absolute Gasteiger partial charge is 0.424 e. The van der Waals surface area contributed by atoms with Gasteiger partial charge in [-0.25, -0.2) is 9.97 Å². The number of anilines is 1. The van der Waals surface area contributed by atoms with E-state index in [1.54, 1.807) is 0 Å². The molecule has 1 aromatic heterocycles. The standard InChI is InChI=1S/C14H17N3O/c1-8-6-13(9(2)5-12(8)15)18-14-16-10(3)7-11(4)17-14/h5-7H,15H2,1-4H3. The van der Waals surface area contributed by atoms with Gasteiger partial charge in [-0.05, 0) is 57.0 Å². The van der Waals surface area contributed by atoms with Gasteiger partial charge in [0.05, 0.1) is 0 Å². The second kappa shape index (κ2) is 4.64. The molecule has 0 aliphatic rings. The summed E-state index contributed by atoms with van der Waals surface area (Å²) >= 11 is 0. The summed E-state index contributed by atoms with van der Waals surface area (Å²) < 4.78 is 5.73. The van der Waals surface area contributed by atoms with E-state index in [-0.39, 0.29) is 0 Å². The van der Waals surface area contributed by atoms with Crippen LogP contribution in [0.25, 0.3) is 0 Å². The molecule has 2 aromatic rings. The van der Waals surface area contributed by atoms with E-state index in [1.165, 1.54) is 0 Å². The monoisotopic (exact) mass is 243 g/mol. The van der Waals surface area contributed by atoms with Gasteiger partial charge in [0.2, 0.25) is 0 Å². The van der Waals surface area contributed by atoms with Crippen LogP contribution in [0.15, 0.2) is 18.2 Å². The highest BCUT2D eigenvalue weighted by Crippen LogP contribution is 2.27. The number of nitrogens with two attached hydrogens (primary N) is 1. The number of nitrogen functional groups attached to an aromatic ring is 1. The van der Waals surface area contributed by atoms with Gasteiger partial charge in [-0.15, -0.1) is 0 Å². The molecule has 0 saturated heterocycles. The third-order valence-corrected chi connectivity index (χ3v) is 2.73. The summed E-state index contributed by atoms with van der Waals surface area (Å²) in [6.07, 6.45) is 0. The highest BCUT2D eigenvalue weighted by Gasteiger charge is 2.07. The summed E-state index contributed by atoms with van der Waals surface area (Å²) in [4.78, 5) is 8.52. The lowest BCUT2D eigenvalue weighted by molar-refractivity contribution is 0.435. The van der Waals surface area contributed by atoms with E-state index in [0.717, 1.165) is 34.0 Å². The molecular formula is C14H17N3O. The van der Waals surface area contributed by atoms with Crippen molar-refractivity contribution in [2.24, 2.45) is 0 Å². The molecule has 0 amide bonds. The second-order valence-electron chi connectivity index (χ2n) is 4.51. The molecule has 4 heteroatoms. The molecule has 0 atom stereocenters. The van der Waals surface area contributed by atoms with Crippen LogP contribution < -0.4 is 10.5 Å². The zero-order valence-corrected chi connectivity index (χ0v) is 11.1. The van der Waals surface area contributed by atoms with Crippen molar-refractivity contribution >= 4 is 5.69 Å². The summed E-state index contributed by atoms with van der Waals surface area (Å²) in [6, 6.07) is 6.09. The van der Waals surface area contributed by atoms with Crippen LogP contribution in [0, 0.1) is 27.7 Å². The maximum absolute atomic E-state index is 5.84. The van der Waals surface area contributed by atoms with Crippen molar-refractivity contribution < 1.29 is 4.74 Å². The number of aryl methyl sites for hydroxylation is 4. The Balaban J connectivity index is 2.36. The minimum Gasteiger partial charge on any atom is -0.424 e. The molecule has 0 fully saturated rings. The minimum atomic E-state index is 0.375. The first-order valence-corrected chi connectivity index (χ1v) is 5.82. The van der Waals surface area contributed by atoms with Crippen LogP contribution >= 0.6 is 0 Å². The smallest absolute Gasteiger partial charge is 0.322 e. The highest BCUT2D eigenvalue weighted by atomic mass is 16.5. The van der Waals surface area contributed by atoms with Crippen LogP contribution in [-0.4, -0.2) is 9.97 Å². The normalized spacial score (nSPS) is 10.4. The first-order valence-electron chi connectivity index (χ1n) is 5.82. The van der Waals surface area contributed by atoms with E-state index < -0.39 is 0 Å². The van der Waals surface area contributed by atoms with Crippen molar-refractivity contribution in [2.45, 2.75) is 27.7 Å². The molecule has 2 rings (SSSR count). The van der Waals surface area contributed by atoms with Gasteiger partial charge in [-0.2, -0.15) is 0 Å². The number of rotatable bonds is 2. The number of nitrogens with zero attached hydrogens (tertiary/aromatic N) is 2. The SMILES string of the molecule is Cc1cc(C)nc(Oc2cc(C)c(N)cc2C)n1. The van der Waals surface area contributed by atoms with Crippen LogP contribution in [0.4, 0.5) is 5.69 Å². The van der Waals surface area contributed by atoms with Gasteiger partial charge in [0.25, 0.3) is 0 Å². The van der Waals surface area contributed by atoms with Gasteiger partial charge < -0.3 is 10.5 Å². The zero-order valence-electron chi connectivity index (χ0n) is 11.1. The molecule has 0 unspecified atom stereocenters. The first-order chi connectivity index (χ1) is 8.45. The summed E-state index contributed by atoms with van der Waals surface area (Å²) in [6.45, 7) is 7.74. The number of hydrogen-bond acceptors (Lipinski definition) is 4. The molecule has 0 saturated carbocycles. The fraction of sp³-hybridized carbons (Fsp3) is 0.286. The predicted molar refractivity (Wildman–Crippen MR) is 71.9 cm³/mol. The fourth-order valence-electron chi connectivity index (χ4n) is 1.76. The van der Waals surface area contributed by atoms with Crippen molar-refractivity contribution in [3.8, 4) is 11.8 Å². The average molecular weight is 243 g/mol. The molecule has 0 spiro atoms. The first kappa shape index (κ1) is 12.4.